The highest BCUT2D eigenvalue weighted by Crippen LogP contribution is 2.56. The van der Waals surface area contributed by atoms with Crippen LogP contribution in [-0.2, 0) is 11.3 Å². The van der Waals surface area contributed by atoms with Crippen molar-refractivity contribution in [2.45, 2.75) is 31.2 Å². The molecule has 2 aromatic rings. The van der Waals surface area contributed by atoms with Crippen molar-refractivity contribution in [2.24, 2.45) is 0 Å². The number of carboxylic acid groups (broad SMARTS) is 1. The lowest BCUT2D eigenvalue weighted by Crippen LogP contribution is -2.31. The second-order valence-electron chi connectivity index (χ2n) is 7.02. The smallest absolute Gasteiger partial charge is 0.310 e. The third-order valence-corrected chi connectivity index (χ3v) is 7.17. The second kappa shape index (κ2) is 7.52. The maximum atomic E-state index is 11.3. The second-order valence-corrected chi connectivity index (χ2v) is 9.01. The van der Waals surface area contributed by atoms with Crippen molar-refractivity contribution in [1.82, 2.24) is 4.31 Å². The molecule has 27 heavy (non-hydrogen) atoms. The van der Waals surface area contributed by atoms with Crippen molar-refractivity contribution in [3.63, 3.8) is 0 Å². The molecule has 1 atom stereocenters. The van der Waals surface area contributed by atoms with Crippen LogP contribution in [0, 0.1) is 6.92 Å². The molecule has 1 aliphatic heterocycles. The molecule has 0 radical (unpaired) electrons. The van der Waals surface area contributed by atoms with Crippen LogP contribution in [0.15, 0.2) is 47.4 Å². The summed E-state index contributed by atoms with van der Waals surface area (Å²) in [5.74, 6) is -1.49. The number of benzene rings is 2. The van der Waals surface area contributed by atoms with Gasteiger partial charge in [0.2, 0.25) is 0 Å². The third kappa shape index (κ3) is 3.82. The Morgan fingerprint density at radius 2 is 1.89 bits per heavy atom. The van der Waals surface area contributed by atoms with Crippen LogP contribution in [0.4, 0.5) is 5.69 Å². The first-order valence-electron chi connectivity index (χ1n) is 8.87. The third-order valence-electron chi connectivity index (χ3n) is 5.21. The van der Waals surface area contributed by atoms with Gasteiger partial charge in [0.15, 0.2) is 0 Å². The fraction of sp³-hybridized carbons (Fsp3) is 0.350. The molecule has 1 heterocycles. The molecule has 0 aromatic heterocycles. The van der Waals surface area contributed by atoms with E-state index in [1.807, 2.05) is 55.3 Å². The zero-order valence-electron chi connectivity index (χ0n) is 15.8. The summed E-state index contributed by atoms with van der Waals surface area (Å²) < 4.78 is 23.8. The van der Waals surface area contributed by atoms with Gasteiger partial charge < -0.3 is 10.0 Å². The standard InChI is InChI=1S/C20H26N2O4S/c1-14-8-9-16(15(2)20(23)24)12-17(14)13-22-11-10-21(3)18-6-4-5-7-19(18)27(22,25)26/h4-9,12,15,25-26H,10-11,13H2,1-3H3,(H,23,24). The average molecular weight is 391 g/mol. The van der Waals surface area contributed by atoms with Crippen LogP contribution >= 0.6 is 10.8 Å². The number of fused-ring (bicyclic) bond motifs is 1. The summed E-state index contributed by atoms with van der Waals surface area (Å²) >= 11 is 0. The van der Waals surface area contributed by atoms with Crippen molar-refractivity contribution in [2.75, 3.05) is 25.0 Å². The lowest BCUT2D eigenvalue weighted by atomic mass is 9.96. The van der Waals surface area contributed by atoms with Gasteiger partial charge in [0.25, 0.3) is 0 Å². The van der Waals surface area contributed by atoms with E-state index >= 15 is 0 Å². The molecule has 1 unspecified atom stereocenters. The summed E-state index contributed by atoms with van der Waals surface area (Å²) in [6, 6.07) is 12.9. The van der Waals surface area contributed by atoms with Gasteiger partial charge in [-0.3, -0.25) is 13.9 Å². The number of aliphatic carboxylic acids is 1. The molecule has 6 nitrogen and oxygen atoms in total. The molecule has 7 heteroatoms. The highest BCUT2D eigenvalue weighted by atomic mass is 32.3. The Hall–Kier alpha value is -2.06. The number of aryl methyl sites for hydroxylation is 1. The van der Waals surface area contributed by atoms with Crippen molar-refractivity contribution in [3.05, 3.63) is 59.2 Å². The Labute approximate surface area is 161 Å². The monoisotopic (exact) mass is 390 g/mol. The van der Waals surface area contributed by atoms with Crippen LogP contribution in [0.1, 0.15) is 29.5 Å². The van der Waals surface area contributed by atoms with E-state index in [0.29, 0.717) is 30.1 Å². The van der Waals surface area contributed by atoms with E-state index in [1.54, 1.807) is 17.3 Å². The topological polar surface area (TPSA) is 84.2 Å². The van der Waals surface area contributed by atoms with E-state index in [9.17, 15) is 19.0 Å². The van der Waals surface area contributed by atoms with Gasteiger partial charge in [-0.05, 0) is 42.7 Å². The first-order valence-corrected chi connectivity index (χ1v) is 10.4. The number of carbonyl (C=O) groups is 1. The van der Waals surface area contributed by atoms with Crippen LogP contribution in [-0.4, -0.2) is 44.6 Å². The minimum Gasteiger partial charge on any atom is -0.481 e. The molecular weight excluding hydrogens is 364 g/mol. The van der Waals surface area contributed by atoms with Gasteiger partial charge in [-0.25, -0.2) is 0 Å². The molecule has 0 spiro atoms. The normalized spacial score (nSPS) is 19.1. The Morgan fingerprint density at radius 3 is 2.59 bits per heavy atom. The van der Waals surface area contributed by atoms with Gasteiger partial charge >= 0.3 is 5.97 Å². The van der Waals surface area contributed by atoms with E-state index in [1.165, 1.54) is 0 Å². The lowest BCUT2D eigenvalue weighted by molar-refractivity contribution is -0.138. The summed E-state index contributed by atoms with van der Waals surface area (Å²) in [5.41, 5.74) is 3.44. The Balaban J connectivity index is 1.96. The van der Waals surface area contributed by atoms with Gasteiger partial charge in [0, 0.05) is 26.7 Å². The highest BCUT2D eigenvalue weighted by Gasteiger charge is 2.32. The number of likely N-dealkylation sites (N-methyl/N-ethyl adjacent to an activating group) is 1. The number of anilines is 1. The highest BCUT2D eigenvalue weighted by molar-refractivity contribution is 8.22. The quantitative estimate of drug-likeness (QED) is 0.727. The molecule has 146 valence electrons. The fourth-order valence-electron chi connectivity index (χ4n) is 3.29. The van der Waals surface area contributed by atoms with Crippen LogP contribution in [0.2, 0.25) is 0 Å². The average Bonchev–Trinajstić information content (AvgIpc) is 2.73. The van der Waals surface area contributed by atoms with E-state index in [4.69, 9.17) is 0 Å². The van der Waals surface area contributed by atoms with Gasteiger partial charge in [-0.2, -0.15) is 4.31 Å². The zero-order valence-corrected chi connectivity index (χ0v) is 16.6. The van der Waals surface area contributed by atoms with Crippen LogP contribution in [0.3, 0.4) is 0 Å². The predicted octanol–water partition coefficient (Wildman–Crippen LogP) is 4.16. The van der Waals surface area contributed by atoms with Crippen molar-refractivity contribution in [3.8, 4) is 0 Å². The van der Waals surface area contributed by atoms with E-state index in [2.05, 4.69) is 0 Å². The van der Waals surface area contributed by atoms with Crippen LogP contribution < -0.4 is 4.90 Å². The summed E-state index contributed by atoms with van der Waals surface area (Å²) in [6.45, 7) is 5.11. The zero-order chi connectivity index (χ0) is 19.8. The van der Waals surface area contributed by atoms with Gasteiger partial charge in [-0.1, -0.05) is 30.3 Å². The summed E-state index contributed by atoms with van der Waals surface area (Å²) in [7, 11) is -1.20. The van der Waals surface area contributed by atoms with Gasteiger partial charge in [0.1, 0.15) is 0 Å². The number of hydrogen-bond donors (Lipinski definition) is 3. The lowest BCUT2D eigenvalue weighted by Gasteiger charge is -2.42. The number of carboxylic acids is 1. The summed E-state index contributed by atoms with van der Waals surface area (Å²) in [5, 5.41) is 9.28. The number of para-hydroxylation sites is 1. The van der Waals surface area contributed by atoms with E-state index in [-0.39, 0.29) is 0 Å². The SMILES string of the molecule is Cc1ccc(C(C)C(=O)O)cc1CN1CCN(C)c2ccccc2S1(O)O. The number of hydrogen-bond acceptors (Lipinski definition) is 5. The maximum absolute atomic E-state index is 11.3. The van der Waals surface area contributed by atoms with Crippen molar-refractivity contribution < 1.29 is 19.0 Å². The van der Waals surface area contributed by atoms with Crippen molar-refractivity contribution in [1.29, 1.82) is 0 Å². The first-order chi connectivity index (χ1) is 12.7. The van der Waals surface area contributed by atoms with Gasteiger partial charge in [-0.15, -0.1) is 10.8 Å². The number of rotatable bonds is 4. The molecule has 2 aromatic carbocycles. The molecule has 0 saturated carbocycles. The molecule has 1 aliphatic rings. The Kier molecular flexibility index (Phi) is 5.48. The Morgan fingerprint density at radius 1 is 1.19 bits per heavy atom. The largest absolute Gasteiger partial charge is 0.481 e. The Bertz CT molecular complexity index is 856. The minimum atomic E-state index is -3.14. The molecule has 3 rings (SSSR count). The van der Waals surface area contributed by atoms with E-state index < -0.39 is 22.7 Å². The molecule has 0 amide bonds. The van der Waals surface area contributed by atoms with Crippen LogP contribution in [0.25, 0.3) is 0 Å². The molecule has 3 N–H and O–H groups in total. The molecule has 0 aliphatic carbocycles. The fourth-order valence-corrected chi connectivity index (χ4v) is 4.98. The molecule has 0 fully saturated rings. The summed E-state index contributed by atoms with van der Waals surface area (Å²) in [4.78, 5) is 13.9. The molecular formula is C20H26N2O4S. The minimum absolute atomic E-state index is 0.344. The molecule has 0 saturated heterocycles. The van der Waals surface area contributed by atoms with E-state index in [0.717, 1.165) is 16.8 Å². The molecule has 0 bridgehead atoms. The number of nitrogens with zero attached hydrogens (tertiary/aromatic N) is 2. The van der Waals surface area contributed by atoms with Gasteiger partial charge in [0.05, 0.1) is 16.5 Å². The first kappa shape index (κ1) is 19.7. The maximum Gasteiger partial charge on any atom is 0.310 e. The van der Waals surface area contributed by atoms with Crippen LogP contribution in [0.5, 0.6) is 0 Å². The summed E-state index contributed by atoms with van der Waals surface area (Å²) in [6.07, 6.45) is 0. The predicted molar refractivity (Wildman–Crippen MR) is 108 cm³/mol. The van der Waals surface area contributed by atoms with Crippen molar-refractivity contribution >= 4 is 22.4 Å².